The van der Waals surface area contributed by atoms with Crippen LogP contribution in [0, 0.1) is 0 Å². The molecule has 0 aliphatic heterocycles. The number of carbonyl (C=O) groups is 2. The summed E-state index contributed by atoms with van der Waals surface area (Å²) in [7, 11) is 1.51. The van der Waals surface area contributed by atoms with Gasteiger partial charge in [-0.05, 0) is 24.3 Å². The normalized spacial score (nSPS) is 9.65. The predicted octanol–water partition coefficient (Wildman–Crippen LogP) is 2.48. The summed E-state index contributed by atoms with van der Waals surface area (Å²) in [5.74, 6) is 0.506. The van der Waals surface area contributed by atoms with Gasteiger partial charge in [0.1, 0.15) is 5.75 Å². The number of benzene rings is 2. The average Bonchev–Trinajstić information content (AvgIpc) is 2.50. The van der Waals surface area contributed by atoms with E-state index in [0.29, 0.717) is 23.5 Å². The molecule has 5 nitrogen and oxygen atoms in total. The second-order valence-electron chi connectivity index (χ2n) is 3.90. The van der Waals surface area contributed by atoms with Crippen LogP contribution in [-0.4, -0.2) is 19.5 Å². The summed E-state index contributed by atoms with van der Waals surface area (Å²) in [4.78, 5) is 22.5. The Bertz CT molecular complexity index is 611. The molecule has 0 bridgehead atoms. The van der Waals surface area contributed by atoms with Crippen LogP contribution in [-0.2, 0) is 4.79 Å². The van der Waals surface area contributed by atoms with Gasteiger partial charge in [-0.25, -0.2) is 0 Å². The van der Waals surface area contributed by atoms with Crippen molar-refractivity contribution in [3.63, 3.8) is 0 Å². The number of carbonyl (C=O) groups excluding carboxylic acids is 2. The molecule has 0 unspecified atom stereocenters. The summed E-state index contributed by atoms with van der Waals surface area (Å²) < 4.78 is 9.90. The maximum atomic E-state index is 12.1. The van der Waals surface area contributed by atoms with Gasteiger partial charge in [0.15, 0.2) is 5.75 Å². The number of nitrogens with one attached hydrogen (secondary N) is 1. The third-order valence-electron chi connectivity index (χ3n) is 2.65. The summed E-state index contributed by atoms with van der Waals surface area (Å²) >= 11 is 0. The zero-order valence-corrected chi connectivity index (χ0v) is 10.8. The molecule has 2 aromatic carbocycles. The van der Waals surface area contributed by atoms with Crippen molar-refractivity contribution >= 4 is 18.1 Å². The van der Waals surface area contributed by atoms with Crippen molar-refractivity contribution in [1.82, 2.24) is 0 Å². The van der Waals surface area contributed by atoms with Crippen molar-refractivity contribution in [2.24, 2.45) is 0 Å². The maximum Gasteiger partial charge on any atom is 0.298 e. The molecule has 0 spiro atoms. The molecule has 0 fully saturated rings. The van der Waals surface area contributed by atoms with Crippen LogP contribution in [0.25, 0.3) is 0 Å². The van der Waals surface area contributed by atoms with Gasteiger partial charge in [0.25, 0.3) is 12.4 Å². The van der Waals surface area contributed by atoms with E-state index in [9.17, 15) is 9.59 Å². The van der Waals surface area contributed by atoms with Gasteiger partial charge in [-0.15, -0.1) is 0 Å². The lowest BCUT2D eigenvalue weighted by Crippen LogP contribution is -2.12. The molecule has 0 aliphatic rings. The van der Waals surface area contributed by atoms with Crippen molar-refractivity contribution < 1.29 is 19.1 Å². The number of rotatable bonds is 5. The molecule has 0 aliphatic carbocycles. The van der Waals surface area contributed by atoms with E-state index in [-0.39, 0.29) is 11.7 Å². The average molecular weight is 271 g/mol. The monoisotopic (exact) mass is 271 g/mol. The summed E-state index contributed by atoms with van der Waals surface area (Å²) in [6.45, 7) is 0.306. The van der Waals surface area contributed by atoms with Crippen LogP contribution >= 0.6 is 0 Å². The summed E-state index contributed by atoms with van der Waals surface area (Å²) in [5, 5.41) is 2.68. The first-order valence-corrected chi connectivity index (χ1v) is 5.89. The van der Waals surface area contributed by atoms with Crippen LogP contribution in [0.2, 0.25) is 0 Å². The van der Waals surface area contributed by atoms with E-state index in [4.69, 9.17) is 9.47 Å². The van der Waals surface area contributed by atoms with Crippen LogP contribution in [0.15, 0.2) is 48.5 Å². The number of ether oxygens (including phenoxy) is 2. The smallest absolute Gasteiger partial charge is 0.298 e. The lowest BCUT2D eigenvalue weighted by Gasteiger charge is -2.11. The molecule has 0 radical (unpaired) electrons. The molecule has 5 heteroatoms. The minimum atomic E-state index is -0.297. The van der Waals surface area contributed by atoms with E-state index >= 15 is 0 Å². The Kier molecular flexibility index (Phi) is 4.34. The van der Waals surface area contributed by atoms with Crippen molar-refractivity contribution in [2.75, 3.05) is 12.4 Å². The van der Waals surface area contributed by atoms with Crippen LogP contribution < -0.4 is 14.8 Å². The van der Waals surface area contributed by atoms with Gasteiger partial charge in [-0.3, -0.25) is 9.59 Å². The number of hydrogen-bond donors (Lipinski definition) is 1. The highest BCUT2D eigenvalue weighted by Gasteiger charge is 2.11. The fourth-order valence-electron chi connectivity index (χ4n) is 1.67. The molecule has 102 valence electrons. The molecule has 0 aromatic heterocycles. The van der Waals surface area contributed by atoms with Gasteiger partial charge >= 0.3 is 0 Å². The first-order chi connectivity index (χ1) is 9.74. The Morgan fingerprint density at radius 1 is 1.15 bits per heavy atom. The Labute approximate surface area is 116 Å². The molecule has 2 rings (SSSR count). The van der Waals surface area contributed by atoms with Gasteiger partial charge in [-0.1, -0.05) is 18.2 Å². The Hall–Kier alpha value is -2.82. The van der Waals surface area contributed by atoms with E-state index in [1.54, 1.807) is 42.5 Å². The zero-order valence-electron chi connectivity index (χ0n) is 10.8. The largest absolute Gasteiger partial charge is 0.497 e. The quantitative estimate of drug-likeness (QED) is 0.848. The number of amides is 1. The highest BCUT2D eigenvalue weighted by molar-refractivity contribution is 6.05. The Morgan fingerprint density at radius 2 is 1.90 bits per heavy atom. The molecule has 20 heavy (non-hydrogen) atoms. The number of methoxy groups -OCH3 is 1. The van der Waals surface area contributed by atoms with Gasteiger partial charge in [0.05, 0.1) is 12.8 Å². The van der Waals surface area contributed by atoms with Crippen LogP contribution in [0.5, 0.6) is 11.5 Å². The minimum Gasteiger partial charge on any atom is -0.497 e. The topological polar surface area (TPSA) is 64.6 Å². The molecule has 0 saturated carbocycles. The van der Waals surface area contributed by atoms with Gasteiger partial charge in [0.2, 0.25) is 0 Å². The summed E-state index contributed by atoms with van der Waals surface area (Å²) in [6.07, 6.45) is 0. The zero-order chi connectivity index (χ0) is 14.4. The summed E-state index contributed by atoms with van der Waals surface area (Å²) in [5.41, 5.74) is 0.873. The Morgan fingerprint density at radius 3 is 2.55 bits per heavy atom. The van der Waals surface area contributed by atoms with Gasteiger partial charge in [0, 0.05) is 11.6 Å². The van der Waals surface area contributed by atoms with Gasteiger partial charge < -0.3 is 14.8 Å². The third kappa shape index (κ3) is 3.14. The highest BCUT2D eigenvalue weighted by Crippen LogP contribution is 2.29. The van der Waals surface area contributed by atoms with E-state index < -0.39 is 0 Å². The SMILES string of the molecule is COc1ccc(OC=O)c(NC(=O)c2ccccc2)c1. The van der Waals surface area contributed by atoms with E-state index in [1.807, 2.05) is 6.07 Å². The van der Waals surface area contributed by atoms with Gasteiger partial charge in [-0.2, -0.15) is 0 Å². The molecular weight excluding hydrogens is 258 g/mol. The van der Waals surface area contributed by atoms with E-state index in [0.717, 1.165) is 0 Å². The number of anilines is 1. The maximum absolute atomic E-state index is 12.1. The van der Waals surface area contributed by atoms with Crippen LogP contribution in [0.1, 0.15) is 10.4 Å². The number of hydrogen-bond acceptors (Lipinski definition) is 4. The molecule has 1 N–H and O–H groups in total. The van der Waals surface area contributed by atoms with Crippen molar-refractivity contribution in [1.29, 1.82) is 0 Å². The fourth-order valence-corrected chi connectivity index (χ4v) is 1.67. The lowest BCUT2D eigenvalue weighted by molar-refractivity contribution is -0.120. The first kappa shape index (κ1) is 13.6. The molecule has 0 atom stereocenters. The van der Waals surface area contributed by atoms with Crippen molar-refractivity contribution in [2.45, 2.75) is 0 Å². The third-order valence-corrected chi connectivity index (χ3v) is 2.65. The van der Waals surface area contributed by atoms with Crippen molar-refractivity contribution in [3.8, 4) is 11.5 Å². The van der Waals surface area contributed by atoms with E-state index in [2.05, 4.69) is 5.32 Å². The highest BCUT2D eigenvalue weighted by atomic mass is 16.5. The molecule has 2 aromatic rings. The first-order valence-electron chi connectivity index (χ1n) is 5.89. The molecule has 1 amide bonds. The van der Waals surface area contributed by atoms with Crippen molar-refractivity contribution in [3.05, 3.63) is 54.1 Å². The molecule has 0 saturated heterocycles. The fraction of sp³-hybridized carbons (Fsp3) is 0.0667. The second-order valence-corrected chi connectivity index (χ2v) is 3.90. The molecule has 0 heterocycles. The van der Waals surface area contributed by atoms with E-state index in [1.165, 1.54) is 7.11 Å². The minimum absolute atomic E-state index is 0.255. The van der Waals surface area contributed by atoms with Crippen LogP contribution in [0.3, 0.4) is 0 Å². The predicted molar refractivity (Wildman–Crippen MR) is 74.1 cm³/mol. The van der Waals surface area contributed by atoms with Crippen LogP contribution in [0.4, 0.5) is 5.69 Å². The lowest BCUT2D eigenvalue weighted by atomic mass is 10.2. The Balaban J connectivity index is 2.27. The summed E-state index contributed by atoms with van der Waals surface area (Å²) in [6, 6.07) is 13.5. The second kappa shape index (κ2) is 6.38. The molecular formula is C15H13NO4. The standard InChI is InChI=1S/C15H13NO4/c1-19-12-7-8-14(20-10-17)13(9-12)16-15(18)11-5-3-2-4-6-11/h2-10H,1H3,(H,16,18).